The Morgan fingerprint density at radius 3 is 2.42 bits per heavy atom. The van der Waals surface area contributed by atoms with E-state index in [4.69, 9.17) is 33.3 Å². The van der Waals surface area contributed by atoms with Crippen LogP contribution in [0.1, 0.15) is 72.3 Å². The van der Waals surface area contributed by atoms with E-state index in [0.29, 0.717) is 64.8 Å². The van der Waals surface area contributed by atoms with Gasteiger partial charge < -0.3 is 43.5 Å². The Morgan fingerprint density at radius 1 is 0.939 bits per heavy atom. The number of rotatable bonds is 20. The maximum Gasteiger partial charge on any atom is 0.416 e. The number of carbonyl (C=O) groups is 2. The van der Waals surface area contributed by atoms with Gasteiger partial charge >= 0.3 is 6.09 Å². The second-order valence-electron chi connectivity index (χ2n) is 16.7. The number of fused-ring (bicyclic) bond motifs is 3. The SMILES string of the molecule is C=CCO[C@@]12Oc3ccc(Oc4cccc(C=O)c4)cc3[C@H]3[C@H](CCCCO)[C@@H](CCCCO)C=C(C(=NOC)C[C@@H]1N(Cc1ccc4c(c1)OCO4)C(=O)Oc1ccc([N+](=O)[O-])cc1)[C@H]32. The number of aldehydes is 1. The van der Waals surface area contributed by atoms with Gasteiger partial charge in [0.2, 0.25) is 12.6 Å². The van der Waals surface area contributed by atoms with Gasteiger partial charge in [-0.05, 0) is 103 Å². The van der Waals surface area contributed by atoms with Gasteiger partial charge in [0, 0.05) is 55.4 Å². The number of nitrogens with zero attached hydrogens (tertiary/aromatic N) is 3. The molecule has 4 aromatic rings. The molecule has 2 heterocycles. The third kappa shape index (κ3) is 9.48. The van der Waals surface area contributed by atoms with Gasteiger partial charge in [-0.1, -0.05) is 48.3 Å². The standard InChI is InChI=1S/C50H53N3O13/c1-3-23-63-50-46(52(29-32-13-19-44-45(25-32)62-31-61-44)49(57)65-36-16-14-35(15-17-36)53(58)59)28-42(51-60-2)40-26-34(10-4-6-21-54)39(12-5-7-22-55)47(48(40)50)41-27-38(18-20-43(41)66-50)64-37-11-8-9-33(24-37)30-56/h3,8-9,11,13-20,24-27,30,34,39,46-48,54-55H,1,4-7,10,12,21-23,28-29,31H2,2H3/t34-,39+,46-,47+,48+,50+/m0/s1. The molecule has 0 unspecified atom stereocenters. The minimum absolute atomic E-state index is 0.0150. The summed E-state index contributed by atoms with van der Waals surface area (Å²) in [6.07, 6.45) is 8.06. The van der Waals surface area contributed by atoms with Gasteiger partial charge in [0.25, 0.3) is 5.69 Å². The monoisotopic (exact) mass is 903 g/mol. The Labute approximate surface area is 382 Å². The normalized spacial score (nSPS) is 22.8. The molecule has 0 spiro atoms. The van der Waals surface area contributed by atoms with Crippen LogP contribution in [0, 0.1) is 27.9 Å². The number of nitro benzene ring substituents is 1. The highest BCUT2D eigenvalue weighted by Gasteiger charge is 2.66. The number of non-ortho nitro benzene ring substituents is 1. The number of nitro groups is 1. The number of aliphatic hydroxyl groups is 2. The van der Waals surface area contributed by atoms with Crippen LogP contribution in [-0.2, 0) is 16.1 Å². The lowest BCUT2D eigenvalue weighted by Crippen LogP contribution is -2.70. The Hall–Kier alpha value is -6.75. The molecule has 6 atom stereocenters. The summed E-state index contributed by atoms with van der Waals surface area (Å²) in [7, 11) is 1.47. The minimum atomic E-state index is -1.62. The van der Waals surface area contributed by atoms with Crippen molar-refractivity contribution in [2.24, 2.45) is 22.9 Å². The smallest absolute Gasteiger partial charge is 0.416 e. The fourth-order valence-electron chi connectivity index (χ4n) is 9.94. The first-order valence-electron chi connectivity index (χ1n) is 22.2. The van der Waals surface area contributed by atoms with E-state index in [1.807, 2.05) is 18.2 Å². The molecule has 0 radical (unpaired) electrons. The van der Waals surface area contributed by atoms with Crippen LogP contribution in [0.2, 0.25) is 0 Å². The molecule has 66 heavy (non-hydrogen) atoms. The van der Waals surface area contributed by atoms with E-state index < -0.39 is 28.8 Å². The zero-order chi connectivity index (χ0) is 46.2. The van der Waals surface area contributed by atoms with Gasteiger partial charge in [-0.3, -0.25) is 19.8 Å². The van der Waals surface area contributed by atoms with E-state index in [2.05, 4.69) is 17.8 Å². The minimum Gasteiger partial charge on any atom is -0.459 e. The second-order valence-corrected chi connectivity index (χ2v) is 16.7. The summed E-state index contributed by atoms with van der Waals surface area (Å²) in [4.78, 5) is 44.8. The molecular formula is C50H53N3O13. The summed E-state index contributed by atoms with van der Waals surface area (Å²) in [5.74, 6) is -0.0619. The highest BCUT2D eigenvalue weighted by atomic mass is 16.7. The molecule has 0 aromatic heterocycles. The van der Waals surface area contributed by atoms with Crippen molar-refractivity contribution in [1.82, 2.24) is 4.90 Å². The number of allylic oxidation sites excluding steroid dienone is 1. The third-order valence-corrected chi connectivity index (χ3v) is 12.7. The lowest BCUT2D eigenvalue weighted by Gasteiger charge is -2.59. The maximum atomic E-state index is 15.0. The van der Waals surface area contributed by atoms with Crippen molar-refractivity contribution in [3.05, 3.63) is 136 Å². The zero-order valence-electron chi connectivity index (χ0n) is 36.6. The highest BCUT2D eigenvalue weighted by molar-refractivity contribution is 6.03. The molecule has 16 heteroatoms. The molecule has 2 N–H and O–H groups in total. The number of aliphatic hydroxyl groups excluding tert-OH is 2. The molecule has 8 rings (SSSR count). The Kier molecular flexibility index (Phi) is 14.3. The summed E-state index contributed by atoms with van der Waals surface area (Å²) >= 11 is 0. The summed E-state index contributed by atoms with van der Waals surface area (Å²) in [6, 6.07) is 22.2. The average Bonchev–Trinajstić information content (AvgIpc) is 3.80. The van der Waals surface area contributed by atoms with Crippen LogP contribution in [0.25, 0.3) is 0 Å². The number of carbonyl (C=O) groups excluding carboxylic acids is 2. The first-order valence-corrected chi connectivity index (χ1v) is 22.2. The average molecular weight is 904 g/mol. The fraction of sp³-hybridized carbons (Fsp3) is 0.380. The molecule has 1 saturated carbocycles. The van der Waals surface area contributed by atoms with E-state index in [-0.39, 0.29) is 68.8 Å². The molecule has 1 fully saturated rings. The van der Waals surface area contributed by atoms with Gasteiger partial charge in [0.15, 0.2) is 11.5 Å². The van der Waals surface area contributed by atoms with Gasteiger partial charge in [-0.25, -0.2) is 4.79 Å². The first kappa shape index (κ1) is 45.8. The molecule has 0 saturated heterocycles. The number of oxime groups is 1. The van der Waals surface area contributed by atoms with E-state index in [9.17, 15) is 25.1 Å². The topological polar surface area (TPSA) is 198 Å². The van der Waals surface area contributed by atoms with Crippen molar-refractivity contribution in [1.29, 1.82) is 0 Å². The zero-order valence-corrected chi connectivity index (χ0v) is 36.6. The van der Waals surface area contributed by atoms with Crippen LogP contribution in [0.3, 0.4) is 0 Å². The van der Waals surface area contributed by atoms with Gasteiger partial charge in [-0.15, -0.1) is 6.58 Å². The maximum absolute atomic E-state index is 15.0. The van der Waals surface area contributed by atoms with Crippen LogP contribution in [-0.4, -0.2) is 83.7 Å². The molecule has 1 amide bonds. The van der Waals surface area contributed by atoms with Crippen LogP contribution in [0.4, 0.5) is 10.5 Å². The number of hydrogen-bond acceptors (Lipinski definition) is 14. The van der Waals surface area contributed by atoms with Gasteiger partial charge in [-0.2, -0.15) is 0 Å². The van der Waals surface area contributed by atoms with Crippen molar-refractivity contribution in [3.8, 4) is 34.5 Å². The molecule has 0 bridgehead atoms. The van der Waals surface area contributed by atoms with Crippen LogP contribution >= 0.6 is 0 Å². The lowest BCUT2D eigenvalue weighted by molar-refractivity contribution is -0.384. The number of ether oxygens (including phenoxy) is 6. The number of amides is 1. The van der Waals surface area contributed by atoms with Crippen LogP contribution in [0.5, 0.6) is 34.5 Å². The van der Waals surface area contributed by atoms with Crippen molar-refractivity contribution in [2.75, 3.05) is 33.7 Å². The van der Waals surface area contributed by atoms with Crippen molar-refractivity contribution in [2.45, 2.75) is 69.2 Å². The summed E-state index contributed by atoms with van der Waals surface area (Å²) in [5, 5.41) is 36.1. The summed E-state index contributed by atoms with van der Waals surface area (Å²) < 4.78 is 38.2. The molecular weight excluding hydrogens is 851 g/mol. The molecule has 4 aliphatic rings. The Bertz CT molecular complexity index is 2470. The molecule has 4 aromatic carbocycles. The van der Waals surface area contributed by atoms with Crippen LogP contribution in [0.15, 0.2) is 114 Å². The quantitative estimate of drug-likeness (QED) is 0.0281. The van der Waals surface area contributed by atoms with Crippen molar-refractivity contribution < 1.29 is 58.0 Å². The predicted molar refractivity (Wildman–Crippen MR) is 241 cm³/mol. The summed E-state index contributed by atoms with van der Waals surface area (Å²) in [6.45, 7) is 4.13. The fourth-order valence-corrected chi connectivity index (χ4v) is 9.94. The van der Waals surface area contributed by atoms with E-state index in [0.717, 1.165) is 36.7 Å². The van der Waals surface area contributed by atoms with Gasteiger partial charge in [0.1, 0.15) is 42.4 Å². The van der Waals surface area contributed by atoms with E-state index in [1.165, 1.54) is 36.3 Å². The molecule has 16 nitrogen and oxygen atoms in total. The van der Waals surface area contributed by atoms with E-state index >= 15 is 4.79 Å². The Balaban J connectivity index is 1.32. The Morgan fingerprint density at radius 2 is 1.68 bits per heavy atom. The first-order chi connectivity index (χ1) is 32.2. The summed E-state index contributed by atoms with van der Waals surface area (Å²) in [5.41, 5.74) is 3.21. The number of unbranched alkanes of at least 4 members (excludes halogenated alkanes) is 2. The number of hydrogen-bond donors (Lipinski definition) is 2. The van der Waals surface area contributed by atoms with Gasteiger partial charge in [0.05, 0.1) is 23.2 Å². The van der Waals surface area contributed by atoms with Crippen molar-refractivity contribution >= 4 is 23.8 Å². The third-order valence-electron chi connectivity index (χ3n) is 12.7. The van der Waals surface area contributed by atoms with E-state index in [1.54, 1.807) is 48.5 Å². The van der Waals surface area contributed by atoms with Crippen molar-refractivity contribution in [3.63, 3.8) is 0 Å². The van der Waals surface area contributed by atoms with Crippen LogP contribution < -0.4 is 23.7 Å². The second kappa shape index (κ2) is 20.6. The molecule has 2 aliphatic heterocycles. The highest BCUT2D eigenvalue weighted by Crippen LogP contribution is 2.62. The molecule has 2 aliphatic carbocycles. The predicted octanol–water partition coefficient (Wildman–Crippen LogP) is 8.89. The number of benzene rings is 4. The molecule has 346 valence electrons. The lowest BCUT2D eigenvalue weighted by atomic mass is 9.55. The largest absolute Gasteiger partial charge is 0.459 e.